The van der Waals surface area contributed by atoms with Crippen molar-refractivity contribution in [3.05, 3.63) is 138 Å². The number of pyridine rings is 2. The van der Waals surface area contributed by atoms with Gasteiger partial charge in [0, 0.05) is 37.9 Å². The summed E-state index contributed by atoms with van der Waals surface area (Å²) in [6.07, 6.45) is 1.51. The van der Waals surface area contributed by atoms with Crippen molar-refractivity contribution in [2.45, 2.75) is 58.2 Å². The summed E-state index contributed by atoms with van der Waals surface area (Å²) in [7, 11) is 0. The van der Waals surface area contributed by atoms with Crippen LogP contribution in [0.5, 0.6) is 0 Å². The van der Waals surface area contributed by atoms with E-state index in [1.54, 1.807) is 38.2 Å². The van der Waals surface area contributed by atoms with Gasteiger partial charge in [-0.05, 0) is 57.2 Å². The molecule has 49 heavy (non-hydrogen) atoms. The van der Waals surface area contributed by atoms with Crippen LogP contribution in [0.1, 0.15) is 44.3 Å². The first-order valence-electron chi connectivity index (χ1n) is 18.7. The van der Waals surface area contributed by atoms with Gasteiger partial charge < -0.3 is 4.98 Å². The van der Waals surface area contributed by atoms with Crippen LogP contribution in [0.4, 0.5) is 0 Å². The Morgan fingerprint density at radius 1 is 0.776 bits per heavy atom. The van der Waals surface area contributed by atoms with Gasteiger partial charge in [0.15, 0.2) is 0 Å². The maximum atomic E-state index is 8.84. The van der Waals surface area contributed by atoms with E-state index in [1.165, 1.54) is 16.2 Å². The van der Waals surface area contributed by atoms with Crippen molar-refractivity contribution >= 4 is 49.2 Å². The van der Waals surface area contributed by atoms with Crippen molar-refractivity contribution in [1.29, 1.82) is 0 Å². The fourth-order valence-electron chi connectivity index (χ4n) is 5.88. The van der Waals surface area contributed by atoms with Gasteiger partial charge in [-0.2, -0.15) is 11.3 Å². The minimum atomic E-state index is -2.47. The van der Waals surface area contributed by atoms with Crippen LogP contribution in [0.25, 0.3) is 53.8 Å². The van der Waals surface area contributed by atoms with Gasteiger partial charge in [0.25, 0.3) is 0 Å². The van der Waals surface area contributed by atoms with Crippen molar-refractivity contribution in [2.24, 2.45) is 5.41 Å². The summed E-state index contributed by atoms with van der Waals surface area (Å²) in [6, 6.07) is 38.9. The molecule has 0 saturated carbocycles. The Kier molecular flexibility index (Phi) is 9.45. The molecule has 0 fully saturated rings. The molecule has 0 unspecified atom stereocenters. The van der Waals surface area contributed by atoms with E-state index in [9.17, 15) is 0 Å². The number of rotatable bonds is 5. The second kappa shape index (κ2) is 15.2. The van der Waals surface area contributed by atoms with Crippen molar-refractivity contribution < 1.29 is 27.0 Å². The SMILES string of the molecule is Cc1cc(-c2[c-]cccc2)nc[c]1[Ge]([CH3])([CH3])[CH3].[2H]C([2H])([2H])c1cnc(-c2[c-]ccc3c2sc2cc(-c4ccccc4)ccc23)cc1C([2H])([2H])C(C)(C)C.[Ir]. The van der Waals surface area contributed by atoms with Gasteiger partial charge in [-0.3, -0.25) is 0 Å². The molecule has 0 aliphatic heterocycles. The zero-order valence-electron chi connectivity index (χ0n) is 34.0. The van der Waals surface area contributed by atoms with Gasteiger partial charge in [-0.1, -0.05) is 80.3 Å². The molecule has 0 aliphatic rings. The van der Waals surface area contributed by atoms with E-state index in [2.05, 4.69) is 95.0 Å². The average molecular weight is 903 g/mol. The van der Waals surface area contributed by atoms with Gasteiger partial charge >= 0.3 is 106 Å². The second-order valence-electron chi connectivity index (χ2n) is 14.2. The minimum Gasteiger partial charge on any atom is -0.304 e. The third-order valence-corrected chi connectivity index (χ3v) is 13.8. The molecule has 1 radical (unpaired) electrons. The molecule has 0 bridgehead atoms. The van der Waals surface area contributed by atoms with Gasteiger partial charge in [0.1, 0.15) is 0 Å². The Hall–Kier alpha value is -3.41. The van der Waals surface area contributed by atoms with Crippen LogP contribution in [-0.4, -0.2) is 23.2 Å². The Morgan fingerprint density at radius 2 is 1.53 bits per heavy atom. The summed E-state index contributed by atoms with van der Waals surface area (Å²) in [4.78, 5) is 9.10. The molecule has 0 spiro atoms. The topological polar surface area (TPSA) is 25.8 Å². The summed E-state index contributed by atoms with van der Waals surface area (Å²) in [6.45, 7) is 5.05. The maximum absolute atomic E-state index is 8.84. The standard InChI is InChI=1S/C29H26NS.C15H18GeN.Ir/c1-19-18-30-26(15-22(19)17-29(2,3)4)25-12-8-11-24-23-14-13-21(16-27(23)31-28(24)25)20-9-6-5-7-10-20;1-12-10-15(13-8-6-5-7-9-13)17-11-14(12)16(2,3)4;/h5-11,13-16,18H,17H2,1-4H3;5-8,10-11H,1-4H3;/q2*-1;/i1D3,17D2;;. The molecule has 0 saturated heterocycles. The van der Waals surface area contributed by atoms with E-state index < -0.39 is 31.9 Å². The predicted octanol–water partition coefficient (Wildman–Crippen LogP) is 11.9. The van der Waals surface area contributed by atoms with Gasteiger partial charge in [-0.25, -0.2) is 0 Å². The molecule has 3 heterocycles. The van der Waals surface area contributed by atoms with Crippen LogP contribution in [0.15, 0.2) is 109 Å². The summed E-state index contributed by atoms with van der Waals surface area (Å²) in [5.74, 6) is 7.20. The fourth-order valence-corrected chi connectivity index (χ4v) is 10.7. The third-order valence-electron chi connectivity index (χ3n) is 8.11. The molecule has 0 atom stereocenters. The number of hydrogen-bond acceptors (Lipinski definition) is 3. The van der Waals surface area contributed by atoms with E-state index in [-0.39, 0.29) is 31.2 Å². The number of hydrogen-bond donors (Lipinski definition) is 0. The maximum Gasteiger partial charge on any atom is 0.0321 e. The number of nitrogens with zero attached hydrogens (tertiary/aromatic N) is 2. The monoisotopic (exact) mass is 904 g/mol. The Morgan fingerprint density at radius 3 is 2.20 bits per heavy atom. The summed E-state index contributed by atoms with van der Waals surface area (Å²) < 4.78 is 45.3. The van der Waals surface area contributed by atoms with Crippen LogP contribution in [0, 0.1) is 31.3 Å². The van der Waals surface area contributed by atoms with E-state index in [0.717, 1.165) is 48.1 Å². The van der Waals surface area contributed by atoms with E-state index >= 15 is 0 Å². The first-order chi connectivity index (χ1) is 24.9. The smallest absolute Gasteiger partial charge is 0.0321 e. The molecular formula is C44H44GeIrN2S-2. The third kappa shape index (κ3) is 8.67. The van der Waals surface area contributed by atoms with Crippen LogP contribution in [0.2, 0.25) is 17.3 Å². The molecule has 3 aromatic heterocycles. The van der Waals surface area contributed by atoms with Crippen LogP contribution in [-0.2, 0) is 26.5 Å². The molecule has 2 nitrogen and oxygen atoms in total. The number of fused-ring (bicyclic) bond motifs is 3. The zero-order valence-corrected chi connectivity index (χ0v) is 34.3. The second-order valence-corrected chi connectivity index (χ2v) is 25.8. The van der Waals surface area contributed by atoms with E-state index in [0.29, 0.717) is 5.69 Å². The quantitative estimate of drug-likeness (QED) is 0.127. The molecule has 7 rings (SSSR count). The van der Waals surface area contributed by atoms with Gasteiger partial charge in [0.2, 0.25) is 0 Å². The van der Waals surface area contributed by atoms with Crippen molar-refractivity contribution in [2.75, 3.05) is 0 Å². The van der Waals surface area contributed by atoms with Crippen LogP contribution >= 0.6 is 11.3 Å². The van der Waals surface area contributed by atoms with Crippen LogP contribution < -0.4 is 4.40 Å². The average Bonchev–Trinajstić information content (AvgIpc) is 3.49. The van der Waals surface area contributed by atoms with E-state index in [4.69, 9.17) is 6.85 Å². The summed E-state index contributed by atoms with van der Waals surface area (Å²) in [5, 5.41) is 2.21. The molecule has 4 aromatic carbocycles. The number of aromatic nitrogens is 2. The molecule has 0 aliphatic carbocycles. The van der Waals surface area contributed by atoms with Crippen molar-refractivity contribution in [1.82, 2.24) is 9.97 Å². The Balaban J connectivity index is 0.000000262. The first-order valence-corrected chi connectivity index (χ1v) is 24.4. The van der Waals surface area contributed by atoms with E-state index in [1.807, 2.05) is 48.5 Å². The first kappa shape index (κ1) is 30.4. The number of thiophene rings is 1. The minimum absolute atomic E-state index is 0. The van der Waals surface area contributed by atoms with Crippen molar-refractivity contribution in [3.8, 4) is 33.6 Å². The summed E-state index contributed by atoms with van der Waals surface area (Å²) in [5.41, 5.74) is 6.32. The molecule has 7 aromatic rings. The molecular weight excluding hydrogens is 853 g/mol. The zero-order chi connectivity index (χ0) is 38.3. The number of aryl methyl sites for hydroxylation is 2. The molecule has 251 valence electrons. The molecule has 0 N–H and O–H groups in total. The fraction of sp³-hybridized carbons (Fsp3) is 0.227. The Bertz CT molecular complexity index is 2400. The largest absolute Gasteiger partial charge is 0.304 e. The van der Waals surface area contributed by atoms with Gasteiger partial charge in [0.05, 0.1) is 0 Å². The van der Waals surface area contributed by atoms with Crippen molar-refractivity contribution in [3.63, 3.8) is 0 Å². The normalized spacial score (nSPS) is 13.7. The number of benzene rings is 4. The van der Waals surface area contributed by atoms with Crippen LogP contribution in [0.3, 0.4) is 0 Å². The predicted molar refractivity (Wildman–Crippen MR) is 211 cm³/mol. The molecule has 0 amide bonds. The Labute approximate surface area is 319 Å². The van der Waals surface area contributed by atoms with Gasteiger partial charge in [-0.15, -0.1) is 23.8 Å². The molecule has 5 heteroatoms. The summed E-state index contributed by atoms with van der Waals surface area (Å²) >= 11 is -0.128.